The fraction of sp³-hybridized carbons (Fsp3) is 0.500. The molecule has 17 heavy (non-hydrogen) atoms. The van der Waals surface area contributed by atoms with E-state index in [1.807, 2.05) is 6.92 Å². The highest BCUT2D eigenvalue weighted by Gasteiger charge is 2.10. The van der Waals surface area contributed by atoms with E-state index in [0.717, 1.165) is 12.6 Å². The normalized spacial score (nSPS) is 12.2. The van der Waals surface area contributed by atoms with Gasteiger partial charge in [0.25, 0.3) is 5.91 Å². The molecule has 0 bridgehead atoms. The molecule has 0 aliphatic heterocycles. The number of carbonyl (C=O) groups excluding carboxylic acids is 1. The molecule has 1 rings (SSSR count). The lowest BCUT2D eigenvalue weighted by atomic mass is 10.0. The first-order chi connectivity index (χ1) is 8.17. The topological polar surface area (TPSA) is 62.2 Å². The predicted octanol–water partition coefficient (Wildman–Crippen LogP) is 1.36. The average molecular weight is 240 g/mol. The largest absolute Gasteiger partial charge is 0.396 e. The summed E-state index contributed by atoms with van der Waals surface area (Å²) in [6.07, 6.45) is 2.56. The number of nitrogens with zero attached hydrogens (tertiary/aromatic N) is 1. The molecule has 1 amide bonds. The van der Waals surface area contributed by atoms with Gasteiger partial charge in [-0.15, -0.1) is 0 Å². The van der Waals surface area contributed by atoms with Gasteiger partial charge in [-0.25, -0.2) is 9.37 Å². The lowest BCUT2D eigenvalue weighted by molar-refractivity contribution is 0.0938. The third-order valence-corrected chi connectivity index (χ3v) is 2.63. The van der Waals surface area contributed by atoms with E-state index in [1.54, 1.807) is 0 Å². The van der Waals surface area contributed by atoms with E-state index in [2.05, 4.69) is 10.3 Å². The number of carbonyl (C=O) groups is 1. The first-order valence-electron chi connectivity index (χ1n) is 5.68. The monoisotopic (exact) mass is 240 g/mol. The van der Waals surface area contributed by atoms with Crippen molar-refractivity contribution >= 4 is 5.91 Å². The number of hydrogen-bond acceptors (Lipinski definition) is 3. The van der Waals surface area contributed by atoms with Gasteiger partial charge in [0.05, 0.1) is 6.20 Å². The average Bonchev–Trinajstić information content (AvgIpc) is 2.35. The first kappa shape index (κ1) is 13.6. The number of rotatable bonds is 6. The minimum atomic E-state index is -0.465. The van der Waals surface area contributed by atoms with Crippen molar-refractivity contribution in [1.29, 1.82) is 0 Å². The highest BCUT2D eigenvalue weighted by Crippen LogP contribution is 2.06. The van der Waals surface area contributed by atoms with Crippen molar-refractivity contribution in [3.05, 3.63) is 29.8 Å². The molecule has 0 saturated heterocycles. The second-order valence-corrected chi connectivity index (χ2v) is 3.86. The van der Waals surface area contributed by atoms with Crippen LogP contribution >= 0.6 is 0 Å². The van der Waals surface area contributed by atoms with Gasteiger partial charge >= 0.3 is 0 Å². The second-order valence-electron chi connectivity index (χ2n) is 3.86. The number of aliphatic hydroxyl groups is 1. The molecule has 94 valence electrons. The molecule has 1 heterocycles. The molecular formula is C12H17FN2O2. The SMILES string of the molecule is CCC(CCO)CNC(=O)c1ccc(F)cn1. The van der Waals surface area contributed by atoms with Crippen LogP contribution in [-0.4, -0.2) is 29.1 Å². The van der Waals surface area contributed by atoms with Gasteiger partial charge in [-0.3, -0.25) is 4.79 Å². The van der Waals surface area contributed by atoms with Crippen molar-refractivity contribution in [3.8, 4) is 0 Å². The molecule has 5 heteroatoms. The number of aromatic nitrogens is 1. The van der Waals surface area contributed by atoms with Crippen LogP contribution in [0.15, 0.2) is 18.3 Å². The Labute approximate surface area is 99.9 Å². The number of amides is 1. The zero-order chi connectivity index (χ0) is 12.7. The lowest BCUT2D eigenvalue weighted by Crippen LogP contribution is -2.30. The Hall–Kier alpha value is -1.49. The summed E-state index contributed by atoms with van der Waals surface area (Å²) in [7, 11) is 0. The van der Waals surface area contributed by atoms with Crippen molar-refractivity contribution in [2.75, 3.05) is 13.2 Å². The number of hydrogen-bond donors (Lipinski definition) is 2. The van der Waals surface area contributed by atoms with Gasteiger partial charge in [-0.1, -0.05) is 13.3 Å². The molecule has 1 aromatic heterocycles. The van der Waals surface area contributed by atoms with Gasteiger partial charge in [-0.2, -0.15) is 0 Å². The molecule has 0 radical (unpaired) electrons. The Morgan fingerprint density at radius 3 is 2.88 bits per heavy atom. The molecule has 2 N–H and O–H groups in total. The smallest absolute Gasteiger partial charge is 0.269 e. The van der Waals surface area contributed by atoms with Crippen LogP contribution in [0.4, 0.5) is 4.39 Å². The molecule has 1 atom stereocenters. The van der Waals surface area contributed by atoms with Crippen LogP contribution < -0.4 is 5.32 Å². The van der Waals surface area contributed by atoms with E-state index in [0.29, 0.717) is 13.0 Å². The zero-order valence-corrected chi connectivity index (χ0v) is 9.82. The van der Waals surface area contributed by atoms with Crippen molar-refractivity contribution in [3.63, 3.8) is 0 Å². The Balaban J connectivity index is 2.46. The number of halogens is 1. The van der Waals surface area contributed by atoms with E-state index < -0.39 is 5.82 Å². The van der Waals surface area contributed by atoms with Crippen molar-refractivity contribution in [2.24, 2.45) is 5.92 Å². The minimum Gasteiger partial charge on any atom is -0.396 e. The summed E-state index contributed by atoms with van der Waals surface area (Å²) in [4.78, 5) is 15.3. The number of nitrogens with one attached hydrogen (secondary N) is 1. The van der Waals surface area contributed by atoms with Crippen LogP contribution in [0.5, 0.6) is 0 Å². The number of aliphatic hydroxyl groups excluding tert-OH is 1. The summed E-state index contributed by atoms with van der Waals surface area (Å²) in [6.45, 7) is 2.61. The summed E-state index contributed by atoms with van der Waals surface area (Å²) >= 11 is 0. The second kappa shape index (κ2) is 6.96. The molecule has 0 saturated carbocycles. The summed E-state index contributed by atoms with van der Waals surface area (Å²) in [5.41, 5.74) is 0.199. The summed E-state index contributed by atoms with van der Waals surface area (Å²) < 4.78 is 12.6. The molecule has 4 nitrogen and oxygen atoms in total. The molecule has 1 aromatic rings. The quantitative estimate of drug-likeness (QED) is 0.789. The molecule has 0 fully saturated rings. The molecule has 0 aliphatic rings. The van der Waals surface area contributed by atoms with Crippen molar-refractivity contribution < 1.29 is 14.3 Å². The standard InChI is InChI=1S/C12H17FN2O2/c1-2-9(5-6-16)7-15-12(17)11-4-3-10(13)8-14-11/h3-4,8-9,16H,2,5-7H2,1H3,(H,15,17). The summed E-state index contributed by atoms with van der Waals surface area (Å²) in [6, 6.07) is 2.55. The van der Waals surface area contributed by atoms with E-state index in [9.17, 15) is 9.18 Å². The maximum atomic E-state index is 12.6. The lowest BCUT2D eigenvalue weighted by Gasteiger charge is -2.13. The van der Waals surface area contributed by atoms with Gasteiger partial charge in [-0.05, 0) is 24.5 Å². The Morgan fingerprint density at radius 1 is 1.59 bits per heavy atom. The van der Waals surface area contributed by atoms with Crippen LogP contribution in [0, 0.1) is 11.7 Å². The Kier molecular flexibility index (Phi) is 5.56. The van der Waals surface area contributed by atoms with Crippen LogP contribution in [0.1, 0.15) is 30.3 Å². The molecule has 0 aromatic carbocycles. The van der Waals surface area contributed by atoms with E-state index in [-0.39, 0.29) is 24.1 Å². The van der Waals surface area contributed by atoms with E-state index in [1.165, 1.54) is 12.1 Å². The first-order valence-corrected chi connectivity index (χ1v) is 5.68. The van der Waals surface area contributed by atoms with Gasteiger partial charge < -0.3 is 10.4 Å². The highest BCUT2D eigenvalue weighted by molar-refractivity contribution is 5.92. The maximum absolute atomic E-state index is 12.6. The summed E-state index contributed by atoms with van der Waals surface area (Å²) in [5, 5.41) is 11.5. The summed E-state index contributed by atoms with van der Waals surface area (Å²) in [5.74, 6) is -0.529. The molecule has 0 spiro atoms. The third-order valence-electron chi connectivity index (χ3n) is 2.63. The van der Waals surface area contributed by atoms with Crippen molar-refractivity contribution in [2.45, 2.75) is 19.8 Å². The van der Waals surface area contributed by atoms with Crippen molar-refractivity contribution in [1.82, 2.24) is 10.3 Å². The van der Waals surface area contributed by atoms with Crippen LogP contribution in [0.3, 0.4) is 0 Å². The Morgan fingerprint density at radius 2 is 2.35 bits per heavy atom. The maximum Gasteiger partial charge on any atom is 0.269 e. The van der Waals surface area contributed by atoms with Gasteiger partial charge in [0.15, 0.2) is 0 Å². The van der Waals surface area contributed by atoms with E-state index >= 15 is 0 Å². The van der Waals surface area contributed by atoms with Crippen LogP contribution in [-0.2, 0) is 0 Å². The van der Waals surface area contributed by atoms with Crippen LogP contribution in [0.2, 0.25) is 0 Å². The molecule has 0 aliphatic carbocycles. The predicted molar refractivity (Wildman–Crippen MR) is 62.0 cm³/mol. The zero-order valence-electron chi connectivity index (χ0n) is 9.82. The van der Waals surface area contributed by atoms with Gasteiger partial charge in [0, 0.05) is 13.2 Å². The highest BCUT2D eigenvalue weighted by atomic mass is 19.1. The van der Waals surface area contributed by atoms with Gasteiger partial charge in [0.2, 0.25) is 0 Å². The fourth-order valence-electron chi connectivity index (χ4n) is 1.47. The van der Waals surface area contributed by atoms with E-state index in [4.69, 9.17) is 5.11 Å². The Bertz CT molecular complexity index is 354. The minimum absolute atomic E-state index is 0.114. The number of pyridine rings is 1. The van der Waals surface area contributed by atoms with Crippen LogP contribution in [0.25, 0.3) is 0 Å². The fourth-order valence-corrected chi connectivity index (χ4v) is 1.47. The molecular weight excluding hydrogens is 223 g/mol. The third kappa shape index (κ3) is 4.48. The van der Waals surface area contributed by atoms with Gasteiger partial charge in [0.1, 0.15) is 11.5 Å². The molecule has 1 unspecified atom stereocenters.